The Bertz CT molecular complexity index is 817. The van der Waals surface area contributed by atoms with Gasteiger partial charge in [0.05, 0.1) is 11.4 Å². The highest BCUT2D eigenvalue weighted by Crippen LogP contribution is 2.16. The third-order valence-electron chi connectivity index (χ3n) is 4.39. The Labute approximate surface area is 155 Å². The third-order valence-corrected chi connectivity index (χ3v) is 4.39. The molecule has 0 unspecified atom stereocenters. The zero-order valence-corrected chi connectivity index (χ0v) is 16.0. The Morgan fingerprint density at radius 2 is 1.96 bits per heavy atom. The number of nitrogens with zero attached hydrogens (tertiary/aromatic N) is 3. The van der Waals surface area contributed by atoms with E-state index < -0.39 is 0 Å². The summed E-state index contributed by atoms with van der Waals surface area (Å²) >= 11 is 0. The lowest BCUT2D eigenvalue weighted by atomic mass is 10.2. The number of rotatable bonds is 4. The largest absolute Gasteiger partial charge is 0.368 e. The van der Waals surface area contributed by atoms with Crippen molar-refractivity contribution in [2.75, 3.05) is 31.1 Å². The summed E-state index contributed by atoms with van der Waals surface area (Å²) in [7, 11) is 0. The molecule has 2 aromatic rings. The molecule has 0 amide bonds. The lowest BCUT2D eigenvalue weighted by Gasteiger charge is -2.29. The molecule has 2 N–H and O–H groups in total. The van der Waals surface area contributed by atoms with Crippen LogP contribution in [0.3, 0.4) is 0 Å². The second kappa shape index (κ2) is 9.87. The minimum atomic E-state index is -0.127. The lowest BCUT2D eigenvalue weighted by molar-refractivity contribution is 0.588. The number of pyridine rings is 1. The van der Waals surface area contributed by atoms with Crippen LogP contribution in [0.15, 0.2) is 35.3 Å². The number of aromatic nitrogens is 2. The molecule has 1 aliphatic rings. The first-order valence-electron chi connectivity index (χ1n) is 9.30. The number of hydrogen-bond donors (Lipinski definition) is 2. The van der Waals surface area contributed by atoms with Crippen LogP contribution in [0.1, 0.15) is 39.3 Å². The molecule has 0 bridgehead atoms. The molecule has 0 radical (unpaired) electrons. The van der Waals surface area contributed by atoms with Gasteiger partial charge in [-0.3, -0.25) is 9.20 Å². The quantitative estimate of drug-likeness (QED) is 0.827. The number of nitrogens with one attached hydrogen (secondary N) is 2. The summed E-state index contributed by atoms with van der Waals surface area (Å²) in [5, 5.41) is 10.7. The summed E-state index contributed by atoms with van der Waals surface area (Å²) in [6.07, 6.45) is 7.48. The molecule has 2 aromatic heterocycles. The molecule has 1 fully saturated rings. The number of anilines is 1. The topological polar surface area (TPSA) is 73.5 Å². The van der Waals surface area contributed by atoms with E-state index >= 15 is 0 Å². The third kappa shape index (κ3) is 4.79. The van der Waals surface area contributed by atoms with Gasteiger partial charge < -0.3 is 15.6 Å². The van der Waals surface area contributed by atoms with Gasteiger partial charge in [0.2, 0.25) is 0 Å². The maximum absolute atomic E-state index is 12.4. The smallest absolute Gasteiger partial charge is 0.258 e. The van der Waals surface area contributed by atoms with Crippen LogP contribution < -0.4 is 15.8 Å². The molecule has 140 valence electrons. The van der Waals surface area contributed by atoms with Crippen LogP contribution in [0.2, 0.25) is 0 Å². The van der Waals surface area contributed by atoms with Crippen molar-refractivity contribution in [3.63, 3.8) is 0 Å². The molecule has 1 saturated heterocycles. The molecule has 26 heavy (non-hydrogen) atoms. The van der Waals surface area contributed by atoms with E-state index in [1.165, 1.54) is 25.1 Å². The standard InChI is InChI=1S/C16H19N5O.C4H10/c1-2-12(10-17)14-9-16(22)21-11-13(3-4-15(21)19-14)20-7-5-18-6-8-20;1-3-4-2/h2-4,9-11,17-18H,5-8H2,1H3;3-4H2,1-2H3/b12-2+,17-10?;. The van der Waals surface area contributed by atoms with Gasteiger partial charge >= 0.3 is 0 Å². The zero-order chi connectivity index (χ0) is 18.9. The van der Waals surface area contributed by atoms with Crippen molar-refractivity contribution in [3.8, 4) is 0 Å². The van der Waals surface area contributed by atoms with E-state index in [2.05, 4.69) is 29.0 Å². The van der Waals surface area contributed by atoms with Crippen LogP contribution in [0.4, 0.5) is 5.69 Å². The second-order valence-electron chi connectivity index (χ2n) is 6.22. The highest BCUT2D eigenvalue weighted by molar-refractivity contribution is 6.07. The monoisotopic (exact) mass is 355 g/mol. The van der Waals surface area contributed by atoms with E-state index in [9.17, 15) is 4.79 Å². The predicted molar refractivity (Wildman–Crippen MR) is 110 cm³/mol. The zero-order valence-electron chi connectivity index (χ0n) is 16.0. The van der Waals surface area contributed by atoms with E-state index in [0.29, 0.717) is 16.9 Å². The van der Waals surface area contributed by atoms with Crippen molar-refractivity contribution in [2.24, 2.45) is 0 Å². The fourth-order valence-corrected chi connectivity index (χ4v) is 2.65. The summed E-state index contributed by atoms with van der Waals surface area (Å²) in [4.78, 5) is 19.1. The van der Waals surface area contributed by atoms with Crippen LogP contribution in [0.5, 0.6) is 0 Å². The van der Waals surface area contributed by atoms with Crippen LogP contribution in [0, 0.1) is 5.41 Å². The molecule has 0 spiro atoms. The molecule has 3 heterocycles. The first kappa shape index (κ1) is 19.8. The van der Waals surface area contributed by atoms with Gasteiger partial charge in [-0.25, -0.2) is 4.98 Å². The summed E-state index contributed by atoms with van der Waals surface area (Å²) < 4.78 is 1.57. The average Bonchev–Trinajstić information content (AvgIpc) is 2.69. The van der Waals surface area contributed by atoms with Gasteiger partial charge in [-0.1, -0.05) is 32.8 Å². The SMILES string of the molecule is C/C=C(\C=N)c1cc(=O)n2cc(N3CCNCC3)ccc2n1.CCCC. The highest BCUT2D eigenvalue weighted by Gasteiger charge is 2.12. The fourth-order valence-electron chi connectivity index (χ4n) is 2.65. The number of hydrogen-bond acceptors (Lipinski definition) is 5. The van der Waals surface area contributed by atoms with Crippen molar-refractivity contribution in [3.05, 3.63) is 46.5 Å². The Morgan fingerprint density at radius 1 is 1.27 bits per heavy atom. The molecule has 1 aliphatic heterocycles. The summed E-state index contributed by atoms with van der Waals surface area (Å²) in [5.74, 6) is 0. The molecule has 0 atom stereocenters. The molecular weight excluding hydrogens is 326 g/mol. The Kier molecular flexibility index (Phi) is 7.53. The number of unbranched alkanes of at least 4 members (excludes halogenated alkanes) is 1. The van der Waals surface area contributed by atoms with Crippen LogP contribution >= 0.6 is 0 Å². The minimum Gasteiger partial charge on any atom is -0.368 e. The van der Waals surface area contributed by atoms with Crippen LogP contribution in [-0.4, -0.2) is 41.8 Å². The van der Waals surface area contributed by atoms with Gasteiger partial charge in [0.15, 0.2) is 0 Å². The van der Waals surface area contributed by atoms with Crippen molar-refractivity contribution >= 4 is 23.1 Å². The number of allylic oxidation sites excluding steroid dienone is 2. The van der Waals surface area contributed by atoms with Crippen molar-refractivity contribution in [1.29, 1.82) is 5.41 Å². The van der Waals surface area contributed by atoms with E-state index in [4.69, 9.17) is 5.41 Å². The van der Waals surface area contributed by atoms with Gasteiger partial charge in [-0.15, -0.1) is 0 Å². The Balaban J connectivity index is 0.000000552. The van der Waals surface area contributed by atoms with Crippen molar-refractivity contribution in [1.82, 2.24) is 14.7 Å². The molecule has 3 rings (SSSR count). The second-order valence-corrected chi connectivity index (χ2v) is 6.22. The lowest BCUT2D eigenvalue weighted by Crippen LogP contribution is -2.43. The van der Waals surface area contributed by atoms with Gasteiger partial charge in [-0.2, -0.15) is 0 Å². The molecule has 0 aliphatic carbocycles. The first-order chi connectivity index (χ1) is 12.6. The average molecular weight is 355 g/mol. The van der Waals surface area contributed by atoms with E-state index in [1.807, 2.05) is 25.3 Å². The van der Waals surface area contributed by atoms with Gasteiger partial charge in [0, 0.05) is 50.2 Å². The highest BCUT2D eigenvalue weighted by atomic mass is 16.1. The van der Waals surface area contributed by atoms with E-state index in [1.54, 1.807) is 10.5 Å². The van der Waals surface area contributed by atoms with Crippen LogP contribution in [-0.2, 0) is 0 Å². The van der Waals surface area contributed by atoms with Gasteiger partial charge in [0.1, 0.15) is 5.65 Å². The van der Waals surface area contributed by atoms with Crippen molar-refractivity contribution < 1.29 is 0 Å². The number of fused-ring (bicyclic) bond motifs is 1. The molecule has 6 heteroatoms. The maximum atomic E-state index is 12.4. The van der Waals surface area contributed by atoms with Gasteiger partial charge in [0.25, 0.3) is 5.56 Å². The van der Waals surface area contributed by atoms with E-state index in [0.717, 1.165) is 31.9 Å². The Morgan fingerprint density at radius 3 is 2.54 bits per heavy atom. The Hall–Kier alpha value is -2.47. The van der Waals surface area contributed by atoms with Gasteiger partial charge in [-0.05, 0) is 19.1 Å². The first-order valence-corrected chi connectivity index (χ1v) is 9.30. The van der Waals surface area contributed by atoms with Crippen molar-refractivity contribution in [2.45, 2.75) is 33.6 Å². The summed E-state index contributed by atoms with van der Waals surface area (Å²) in [6, 6.07) is 5.34. The normalized spacial score (nSPS) is 14.7. The minimum absolute atomic E-state index is 0.127. The van der Waals surface area contributed by atoms with Crippen LogP contribution in [0.25, 0.3) is 11.2 Å². The molecule has 0 aromatic carbocycles. The predicted octanol–water partition coefficient (Wildman–Crippen LogP) is 2.96. The van der Waals surface area contributed by atoms with E-state index in [-0.39, 0.29) is 5.56 Å². The summed E-state index contributed by atoms with van der Waals surface area (Å²) in [5.41, 5.74) is 2.69. The fraction of sp³-hybridized carbons (Fsp3) is 0.450. The molecule has 0 saturated carbocycles. The molecular formula is C20H29N5O. The maximum Gasteiger partial charge on any atom is 0.258 e. The molecule has 6 nitrogen and oxygen atoms in total. The number of piperazine rings is 1. The summed E-state index contributed by atoms with van der Waals surface area (Å²) in [6.45, 7) is 9.96.